The number of rotatable bonds is 1. The molecule has 1 aromatic carbocycles. The van der Waals surface area contributed by atoms with E-state index < -0.39 is 0 Å². The Kier molecular flexibility index (Phi) is 2.44. The third kappa shape index (κ3) is 1.71. The van der Waals surface area contributed by atoms with Crippen molar-refractivity contribution in [1.82, 2.24) is 0 Å². The zero-order valence-electron chi connectivity index (χ0n) is 11.4. The number of nitrogens with zero attached hydrogens (tertiary/aromatic N) is 1. The minimum atomic E-state index is -0.285. The van der Waals surface area contributed by atoms with Gasteiger partial charge in [-0.15, -0.1) is 0 Å². The van der Waals surface area contributed by atoms with Gasteiger partial charge in [0.05, 0.1) is 17.7 Å². The smallest absolute Gasteiger partial charge is 0.399 e. The predicted octanol–water partition coefficient (Wildman–Crippen LogP) is 1.92. The molecular formula is C14H18BNO2. The molecule has 4 heteroatoms. The first-order valence-electron chi connectivity index (χ1n) is 6.37. The maximum atomic E-state index is 6.05. The lowest BCUT2D eigenvalue weighted by Gasteiger charge is -2.32. The van der Waals surface area contributed by atoms with Crippen molar-refractivity contribution in [2.45, 2.75) is 45.4 Å². The second kappa shape index (κ2) is 3.68. The van der Waals surface area contributed by atoms with E-state index in [1.807, 2.05) is 6.21 Å². The van der Waals surface area contributed by atoms with Gasteiger partial charge in [-0.05, 0) is 44.3 Å². The summed E-state index contributed by atoms with van der Waals surface area (Å²) in [4.78, 5) is 4.27. The summed E-state index contributed by atoms with van der Waals surface area (Å²) in [7, 11) is -0.277. The van der Waals surface area contributed by atoms with Crippen LogP contribution in [0.3, 0.4) is 0 Å². The van der Waals surface area contributed by atoms with Gasteiger partial charge in [-0.2, -0.15) is 0 Å². The molecule has 1 fully saturated rings. The van der Waals surface area contributed by atoms with Crippen molar-refractivity contribution >= 4 is 18.8 Å². The van der Waals surface area contributed by atoms with Gasteiger partial charge in [0, 0.05) is 6.21 Å². The van der Waals surface area contributed by atoms with Crippen LogP contribution in [0.2, 0.25) is 0 Å². The highest BCUT2D eigenvalue weighted by molar-refractivity contribution is 6.62. The van der Waals surface area contributed by atoms with Gasteiger partial charge < -0.3 is 9.31 Å². The van der Waals surface area contributed by atoms with E-state index in [0.29, 0.717) is 0 Å². The fraction of sp³-hybridized carbons (Fsp3) is 0.500. The van der Waals surface area contributed by atoms with Crippen molar-refractivity contribution in [3.63, 3.8) is 0 Å². The van der Waals surface area contributed by atoms with Gasteiger partial charge in [0.1, 0.15) is 0 Å². The molecule has 0 radical (unpaired) electrons. The molecule has 1 saturated heterocycles. The quantitative estimate of drug-likeness (QED) is 0.705. The van der Waals surface area contributed by atoms with Crippen LogP contribution < -0.4 is 5.46 Å². The molecular weight excluding hydrogens is 225 g/mol. The van der Waals surface area contributed by atoms with Crippen molar-refractivity contribution < 1.29 is 9.31 Å². The summed E-state index contributed by atoms with van der Waals surface area (Å²) < 4.78 is 12.1. The molecule has 0 bridgehead atoms. The Labute approximate surface area is 108 Å². The minimum Gasteiger partial charge on any atom is -0.399 e. The number of benzene rings is 1. The SMILES string of the molecule is CC1(C)OB(c2ccc3c(c2)CN=C3)OC1(C)C. The van der Waals surface area contributed by atoms with Crippen LogP contribution in [0.15, 0.2) is 23.2 Å². The van der Waals surface area contributed by atoms with E-state index in [1.54, 1.807) is 0 Å². The third-order valence-corrected chi connectivity index (χ3v) is 4.18. The molecule has 18 heavy (non-hydrogen) atoms. The molecule has 2 heterocycles. The van der Waals surface area contributed by atoms with Crippen LogP contribution in [0.25, 0.3) is 0 Å². The van der Waals surface area contributed by atoms with Gasteiger partial charge in [0.15, 0.2) is 0 Å². The number of aliphatic imine (C=N–C) groups is 1. The molecule has 0 N–H and O–H groups in total. The zero-order valence-corrected chi connectivity index (χ0v) is 11.4. The first-order chi connectivity index (χ1) is 8.39. The Bertz CT molecular complexity index is 507. The molecule has 0 unspecified atom stereocenters. The van der Waals surface area contributed by atoms with Gasteiger partial charge in [-0.1, -0.05) is 18.2 Å². The summed E-state index contributed by atoms with van der Waals surface area (Å²) in [5.41, 5.74) is 2.97. The van der Waals surface area contributed by atoms with Gasteiger partial charge >= 0.3 is 7.12 Å². The van der Waals surface area contributed by atoms with Crippen molar-refractivity contribution in [3.8, 4) is 0 Å². The summed E-state index contributed by atoms with van der Waals surface area (Å²) >= 11 is 0. The fourth-order valence-electron chi connectivity index (χ4n) is 2.26. The van der Waals surface area contributed by atoms with Crippen molar-refractivity contribution in [3.05, 3.63) is 29.3 Å². The number of hydrogen-bond donors (Lipinski definition) is 0. The molecule has 2 aliphatic rings. The molecule has 0 aromatic heterocycles. The molecule has 94 valence electrons. The Morgan fingerprint density at radius 3 is 2.44 bits per heavy atom. The lowest BCUT2D eigenvalue weighted by atomic mass is 9.78. The average molecular weight is 243 g/mol. The number of hydrogen-bond acceptors (Lipinski definition) is 3. The van der Waals surface area contributed by atoms with Crippen molar-refractivity contribution in [2.24, 2.45) is 4.99 Å². The Morgan fingerprint density at radius 1 is 1.11 bits per heavy atom. The lowest BCUT2D eigenvalue weighted by Crippen LogP contribution is -2.41. The maximum Gasteiger partial charge on any atom is 0.494 e. The second-order valence-corrected chi connectivity index (χ2v) is 6.02. The fourth-order valence-corrected chi connectivity index (χ4v) is 2.26. The highest BCUT2D eigenvalue weighted by Crippen LogP contribution is 2.36. The maximum absolute atomic E-state index is 6.05. The van der Waals surface area contributed by atoms with E-state index in [1.165, 1.54) is 11.1 Å². The van der Waals surface area contributed by atoms with Crippen LogP contribution in [-0.4, -0.2) is 24.5 Å². The molecule has 3 nitrogen and oxygen atoms in total. The summed E-state index contributed by atoms with van der Waals surface area (Å²) in [6.07, 6.45) is 1.92. The van der Waals surface area contributed by atoms with Crippen LogP contribution in [0, 0.1) is 0 Å². The Hall–Kier alpha value is -1.13. The predicted molar refractivity (Wildman–Crippen MR) is 73.5 cm³/mol. The van der Waals surface area contributed by atoms with Crippen LogP contribution in [-0.2, 0) is 15.9 Å². The van der Waals surface area contributed by atoms with Gasteiger partial charge in [-0.25, -0.2) is 0 Å². The van der Waals surface area contributed by atoms with Crippen LogP contribution in [0.4, 0.5) is 0 Å². The van der Waals surface area contributed by atoms with E-state index in [0.717, 1.165) is 12.0 Å². The zero-order chi connectivity index (χ0) is 13.0. The summed E-state index contributed by atoms with van der Waals surface area (Å²) in [5.74, 6) is 0. The highest BCUT2D eigenvalue weighted by atomic mass is 16.7. The summed E-state index contributed by atoms with van der Waals surface area (Å²) in [6.45, 7) is 9.06. The largest absolute Gasteiger partial charge is 0.494 e. The topological polar surface area (TPSA) is 30.8 Å². The Balaban J connectivity index is 1.90. The van der Waals surface area contributed by atoms with E-state index in [9.17, 15) is 0 Å². The van der Waals surface area contributed by atoms with E-state index in [2.05, 4.69) is 50.9 Å². The summed E-state index contributed by atoms with van der Waals surface area (Å²) in [5, 5.41) is 0. The molecule has 1 aromatic rings. The third-order valence-electron chi connectivity index (χ3n) is 4.18. The van der Waals surface area contributed by atoms with Crippen molar-refractivity contribution in [1.29, 1.82) is 0 Å². The van der Waals surface area contributed by atoms with Crippen LogP contribution >= 0.6 is 0 Å². The molecule has 0 atom stereocenters. The average Bonchev–Trinajstić information content (AvgIpc) is 2.80. The summed E-state index contributed by atoms with van der Waals surface area (Å²) in [6, 6.07) is 6.30. The van der Waals surface area contributed by atoms with Gasteiger partial charge in [0.25, 0.3) is 0 Å². The Morgan fingerprint density at radius 2 is 1.78 bits per heavy atom. The van der Waals surface area contributed by atoms with Crippen molar-refractivity contribution in [2.75, 3.05) is 0 Å². The first-order valence-corrected chi connectivity index (χ1v) is 6.37. The lowest BCUT2D eigenvalue weighted by molar-refractivity contribution is 0.00578. The molecule has 0 aliphatic carbocycles. The van der Waals surface area contributed by atoms with Gasteiger partial charge in [0.2, 0.25) is 0 Å². The first kappa shape index (κ1) is 11.9. The molecule has 0 saturated carbocycles. The molecule has 0 amide bonds. The molecule has 2 aliphatic heterocycles. The van der Waals surface area contributed by atoms with E-state index in [-0.39, 0.29) is 18.3 Å². The molecule has 0 spiro atoms. The van der Waals surface area contributed by atoms with E-state index in [4.69, 9.17) is 9.31 Å². The molecule has 3 rings (SSSR count). The van der Waals surface area contributed by atoms with Crippen LogP contribution in [0.1, 0.15) is 38.8 Å². The standard InChI is InChI=1S/C14H18BNO2/c1-13(2)14(3,4)18-15(17-13)12-6-5-10-8-16-9-11(10)7-12/h5-8H,9H2,1-4H3. The normalized spacial score (nSPS) is 23.4. The number of fused-ring (bicyclic) bond motifs is 1. The van der Waals surface area contributed by atoms with Gasteiger partial charge in [-0.3, -0.25) is 4.99 Å². The minimum absolute atomic E-state index is 0.277. The second-order valence-electron chi connectivity index (χ2n) is 6.02. The monoisotopic (exact) mass is 243 g/mol. The van der Waals surface area contributed by atoms with E-state index >= 15 is 0 Å². The van der Waals surface area contributed by atoms with Crippen LogP contribution in [0.5, 0.6) is 0 Å². The highest BCUT2D eigenvalue weighted by Gasteiger charge is 2.51.